The van der Waals surface area contributed by atoms with Crippen LogP contribution in [0.3, 0.4) is 0 Å². The molecule has 0 unspecified atom stereocenters. The lowest BCUT2D eigenvalue weighted by atomic mass is 10.2. The van der Waals surface area contributed by atoms with E-state index in [4.69, 9.17) is 0 Å². The SMILES string of the molecule is CCNc1ncccc1CN1CCNC(=O)C1. The summed E-state index contributed by atoms with van der Waals surface area (Å²) in [6.45, 7) is 5.77. The zero-order chi connectivity index (χ0) is 12.1. The van der Waals surface area contributed by atoms with Crippen LogP contribution in [0.1, 0.15) is 12.5 Å². The summed E-state index contributed by atoms with van der Waals surface area (Å²) in [5.74, 6) is 1.02. The van der Waals surface area contributed by atoms with Crippen molar-refractivity contribution in [2.24, 2.45) is 0 Å². The van der Waals surface area contributed by atoms with Crippen LogP contribution in [-0.4, -0.2) is 42.0 Å². The van der Waals surface area contributed by atoms with Crippen LogP contribution in [0.15, 0.2) is 18.3 Å². The quantitative estimate of drug-likeness (QED) is 0.794. The minimum atomic E-state index is 0.102. The lowest BCUT2D eigenvalue weighted by molar-refractivity contribution is -0.124. The molecule has 0 aliphatic carbocycles. The number of carbonyl (C=O) groups is 1. The first kappa shape index (κ1) is 11.9. The number of hydrogen-bond donors (Lipinski definition) is 2. The van der Waals surface area contributed by atoms with Gasteiger partial charge < -0.3 is 10.6 Å². The van der Waals surface area contributed by atoms with E-state index in [0.29, 0.717) is 6.54 Å². The Hall–Kier alpha value is -1.62. The van der Waals surface area contributed by atoms with Crippen molar-refractivity contribution in [2.45, 2.75) is 13.5 Å². The number of hydrogen-bond acceptors (Lipinski definition) is 4. The van der Waals surface area contributed by atoms with Gasteiger partial charge in [-0.25, -0.2) is 4.98 Å². The molecule has 2 N–H and O–H groups in total. The fraction of sp³-hybridized carbons (Fsp3) is 0.500. The average Bonchev–Trinajstić information content (AvgIpc) is 2.32. The maximum atomic E-state index is 11.3. The van der Waals surface area contributed by atoms with Crippen molar-refractivity contribution in [3.05, 3.63) is 23.9 Å². The molecule has 5 heteroatoms. The molecule has 1 saturated heterocycles. The molecule has 17 heavy (non-hydrogen) atoms. The van der Waals surface area contributed by atoms with Gasteiger partial charge in [-0.2, -0.15) is 0 Å². The zero-order valence-corrected chi connectivity index (χ0v) is 10.1. The Morgan fingerprint density at radius 1 is 1.59 bits per heavy atom. The molecule has 2 heterocycles. The molecular formula is C12H18N4O. The number of amides is 1. The fourth-order valence-corrected chi connectivity index (χ4v) is 1.96. The molecule has 5 nitrogen and oxygen atoms in total. The Balaban J connectivity index is 2.04. The minimum absolute atomic E-state index is 0.102. The molecule has 1 amide bonds. The van der Waals surface area contributed by atoms with Gasteiger partial charge in [-0.3, -0.25) is 9.69 Å². The van der Waals surface area contributed by atoms with Gasteiger partial charge in [0.15, 0.2) is 0 Å². The Kier molecular flexibility index (Phi) is 3.93. The molecule has 1 aliphatic heterocycles. The van der Waals surface area contributed by atoms with Gasteiger partial charge >= 0.3 is 0 Å². The van der Waals surface area contributed by atoms with Crippen molar-refractivity contribution < 1.29 is 4.79 Å². The van der Waals surface area contributed by atoms with Crippen LogP contribution in [0.25, 0.3) is 0 Å². The molecular weight excluding hydrogens is 216 g/mol. The highest BCUT2D eigenvalue weighted by atomic mass is 16.2. The van der Waals surface area contributed by atoms with Gasteiger partial charge in [-0.15, -0.1) is 0 Å². The van der Waals surface area contributed by atoms with Crippen LogP contribution in [-0.2, 0) is 11.3 Å². The van der Waals surface area contributed by atoms with Gasteiger partial charge in [0.25, 0.3) is 0 Å². The van der Waals surface area contributed by atoms with Crippen molar-refractivity contribution in [1.82, 2.24) is 15.2 Å². The van der Waals surface area contributed by atoms with Gasteiger partial charge in [0, 0.05) is 37.9 Å². The van der Waals surface area contributed by atoms with Crippen molar-refractivity contribution in [3.8, 4) is 0 Å². The number of anilines is 1. The van der Waals surface area contributed by atoms with E-state index in [-0.39, 0.29) is 5.91 Å². The maximum Gasteiger partial charge on any atom is 0.234 e. The van der Waals surface area contributed by atoms with Gasteiger partial charge in [-0.1, -0.05) is 6.07 Å². The lowest BCUT2D eigenvalue weighted by Crippen LogP contribution is -2.47. The first-order chi connectivity index (χ1) is 8.29. The van der Waals surface area contributed by atoms with E-state index < -0.39 is 0 Å². The molecule has 92 valence electrons. The number of aromatic nitrogens is 1. The first-order valence-electron chi connectivity index (χ1n) is 5.96. The van der Waals surface area contributed by atoms with E-state index in [1.165, 1.54) is 0 Å². The molecule has 2 rings (SSSR count). The van der Waals surface area contributed by atoms with Crippen molar-refractivity contribution in [1.29, 1.82) is 0 Å². The third kappa shape index (κ3) is 3.17. The number of rotatable bonds is 4. The summed E-state index contributed by atoms with van der Waals surface area (Å²) in [5, 5.41) is 6.06. The van der Waals surface area contributed by atoms with Crippen molar-refractivity contribution >= 4 is 11.7 Å². The molecule has 0 radical (unpaired) electrons. The normalized spacial score (nSPS) is 16.6. The van der Waals surface area contributed by atoms with E-state index in [0.717, 1.165) is 37.6 Å². The van der Waals surface area contributed by atoms with E-state index >= 15 is 0 Å². The Bertz CT molecular complexity index is 394. The lowest BCUT2D eigenvalue weighted by Gasteiger charge is -2.27. The van der Waals surface area contributed by atoms with Crippen molar-refractivity contribution in [2.75, 3.05) is 31.5 Å². The summed E-state index contributed by atoms with van der Waals surface area (Å²) >= 11 is 0. The van der Waals surface area contributed by atoms with Gasteiger partial charge in [-0.05, 0) is 13.0 Å². The van der Waals surface area contributed by atoms with Crippen LogP contribution in [0.5, 0.6) is 0 Å². The molecule has 1 aromatic heterocycles. The van der Waals surface area contributed by atoms with Gasteiger partial charge in [0.05, 0.1) is 6.54 Å². The second-order valence-corrected chi connectivity index (χ2v) is 4.10. The van der Waals surface area contributed by atoms with Crippen LogP contribution in [0.2, 0.25) is 0 Å². The topological polar surface area (TPSA) is 57.3 Å². The molecule has 1 fully saturated rings. The van der Waals surface area contributed by atoms with Crippen molar-refractivity contribution in [3.63, 3.8) is 0 Å². The molecule has 0 aromatic carbocycles. The summed E-state index contributed by atoms with van der Waals surface area (Å²) in [7, 11) is 0. The highest BCUT2D eigenvalue weighted by Gasteiger charge is 2.17. The third-order valence-electron chi connectivity index (χ3n) is 2.75. The summed E-state index contributed by atoms with van der Waals surface area (Å²) in [6.07, 6.45) is 1.78. The monoisotopic (exact) mass is 234 g/mol. The predicted octanol–water partition coefficient (Wildman–Crippen LogP) is 0.445. The molecule has 0 bridgehead atoms. The zero-order valence-electron chi connectivity index (χ0n) is 10.1. The highest BCUT2D eigenvalue weighted by molar-refractivity contribution is 5.78. The maximum absolute atomic E-state index is 11.3. The van der Waals surface area contributed by atoms with E-state index in [1.807, 2.05) is 13.0 Å². The standard InChI is InChI=1S/C12H18N4O/c1-2-13-12-10(4-3-5-15-12)8-16-7-6-14-11(17)9-16/h3-5H,2,6-9H2,1H3,(H,13,15)(H,14,17). The van der Waals surface area contributed by atoms with Crippen LogP contribution >= 0.6 is 0 Å². The van der Waals surface area contributed by atoms with E-state index in [9.17, 15) is 4.79 Å². The minimum Gasteiger partial charge on any atom is -0.370 e. The molecule has 0 saturated carbocycles. The number of nitrogens with one attached hydrogen (secondary N) is 2. The average molecular weight is 234 g/mol. The predicted molar refractivity (Wildman–Crippen MR) is 66.7 cm³/mol. The van der Waals surface area contributed by atoms with Crippen LogP contribution in [0, 0.1) is 0 Å². The summed E-state index contributed by atoms with van der Waals surface area (Å²) in [6, 6.07) is 3.98. The second-order valence-electron chi connectivity index (χ2n) is 4.10. The summed E-state index contributed by atoms with van der Waals surface area (Å²) in [5.41, 5.74) is 1.14. The highest BCUT2D eigenvalue weighted by Crippen LogP contribution is 2.14. The number of nitrogens with zero attached hydrogens (tertiary/aromatic N) is 2. The Morgan fingerprint density at radius 2 is 2.47 bits per heavy atom. The molecule has 1 aliphatic rings. The first-order valence-corrected chi connectivity index (χ1v) is 5.96. The largest absolute Gasteiger partial charge is 0.370 e. The summed E-state index contributed by atoms with van der Waals surface area (Å²) in [4.78, 5) is 17.7. The van der Waals surface area contributed by atoms with Crippen LogP contribution in [0.4, 0.5) is 5.82 Å². The summed E-state index contributed by atoms with van der Waals surface area (Å²) < 4.78 is 0. The van der Waals surface area contributed by atoms with Gasteiger partial charge in [0.2, 0.25) is 5.91 Å². The van der Waals surface area contributed by atoms with Crippen LogP contribution < -0.4 is 10.6 Å². The Morgan fingerprint density at radius 3 is 3.24 bits per heavy atom. The number of piperazine rings is 1. The number of carbonyl (C=O) groups excluding carboxylic acids is 1. The van der Waals surface area contributed by atoms with E-state index in [1.54, 1.807) is 6.20 Å². The molecule has 0 spiro atoms. The van der Waals surface area contributed by atoms with E-state index in [2.05, 4.69) is 26.6 Å². The van der Waals surface area contributed by atoms with Gasteiger partial charge in [0.1, 0.15) is 5.82 Å². The fourth-order valence-electron chi connectivity index (χ4n) is 1.96. The third-order valence-corrected chi connectivity index (χ3v) is 2.75. The molecule has 0 atom stereocenters. The smallest absolute Gasteiger partial charge is 0.234 e. The molecule has 1 aromatic rings. The second kappa shape index (κ2) is 5.63. The number of pyridine rings is 1. The Labute approximate surface area is 101 Å².